The highest BCUT2D eigenvalue weighted by molar-refractivity contribution is 5.95. The quantitative estimate of drug-likeness (QED) is 0.0457. The summed E-state index contributed by atoms with van der Waals surface area (Å²) in [6, 6.07) is 3.10. The van der Waals surface area contributed by atoms with Crippen LogP contribution in [0.2, 0.25) is 0 Å². The van der Waals surface area contributed by atoms with Crippen LogP contribution >= 0.6 is 0 Å². The first-order chi connectivity index (χ1) is 21.7. The summed E-state index contributed by atoms with van der Waals surface area (Å²) in [4.78, 5) is 81.1. The molecule has 46 heavy (non-hydrogen) atoms. The molecule has 6 atom stereocenters. The van der Waals surface area contributed by atoms with E-state index in [0.717, 1.165) is 0 Å². The molecule has 2 rings (SSSR count). The fourth-order valence-electron chi connectivity index (χ4n) is 4.77. The lowest BCUT2D eigenvalue weighted by Crippen LogP contribution is -2.58. The summed E-state index contributed by atoms with van der Waals surface area (Å²) in [6.07, 6.45) is 0.0115. The van der Waals surface area contributed by atoms with Gasteiger partial charge in [-0.15, -0.1) is 0 Å². The standard InChI is InChI=1S/C29H45N9O8/c1-16(27(44)38-13-7-11-21(38)28(45)46)35-22(40)15-34-24(41)19(10-6-12-33-29(31)32)36-25(42)20(14-18-8-4-3-5-9-18)37-26(43)23(30)17(2)39/h3-5,8-9,16-17,19-21,23,39H,6-7,10-15,30H2,1-2H3,(H,34,41)(H,35,40)(H,36,42)(H,37,43)(H,45,46)(H4,31,32,33)/t16-,17+,19-,20-,21-,23?/m0/s1. The second-order valence-electron chi connectivity index (χ2n) is 11.1. The molecule has 1 aromatic carbocycles. The van der Waals surface area contributed by atoms with Gasteiger partial charge in [-0.2, -0.15) is 0 Å². The number of aliphatic carboxylic acids is 1. The van der Waals surface area contributed by atoms with Crippen LogP contribution in [0, 0.1) is 0 Å². The molecule has 0 spiro atoms. The van der Waals surface area contributed by atoms with Crippen LogP contribution in [0.25, 0.3) is 0 Å². The average molecular weight is 648 g/mol. The van der Waals surface area contributed by atoms with Crippen molar-refractivity contribution < 1.29 is 39.0 Å². The fraction of sp³-hybridized carbons (Fsp3) is 0.552. The molecule has 1 aliphatic heterocycles. The number of nitrogens with one attached hydrogen (secondary N) is 4. The number of amides is 5. The first-order valence-electron chi connectivity index (χ1n) is 14.9. The topological polar surface area (TPSA) is 285 Å². The molecular formula is C29H45N9O8. The average Bonchev–Trinajstić information content (AvgIpc) is 3.51. The van der Waals surface area contributed by atoms with E-state index in [1.165, 1.54) is 18.7 Å². The highest BCUT2D eigenvalue weighted by Gasteiger charge is 2.36. The zero-order chi connectivity index (χ0) is 34.4. The van der Waals surface area contributed by atoms with Crippen molar-refractivity contribution in [3.05, 3.63) is 35.9 Å². The van der Waals surface area contributed by atoms with Crippen LogP contribution in [0.15, 0.2) is 35.3 Å². The van der Waals surface area contributed by atoms with Gasteiger partial charge in [-0.25, -0.2) is 4.79 Å². The van der Waals surface area contributed by atoms with E-state index >= 15 is 0 Å². The fourth-order valence-corrected chi connectivity index (χ4v) is 4.77. The van der Waals surface area contributed by atoms with Crippen molar-refractivity contribution in [3.63, 3.8) is 0 Å². The van der Waals surface area contributed by atoms with E-state index in [2.05, 4.69) is 26.3 Å². The lowest BCUT2D eigenvalue weighted by molar-refractivity contribution is -0.149. The molecule has 0 aromatic heterocycles. The Morgan fingerprint density at radius 1 is 0.978 bits per heavy atom. The zero-order valence-corrected chi connectivity index (χ0v) is 26.0. The highest BCUT2D eigenvalue weighted by Crippen LogP contribution is 2.18. The number of carboxylic acids is 1. The Kier molecular flexibility index (Phi) is 14.9. The van der Waals surface area contributed by atoms with Gasteiger partial charge in [0.05, 0.1) is 12.6 Å². The Bertz CT molecular complexity index is 1260. The number of aliphatic hydroxyl groups excluding tert-OH is 1. The van der Waals surface area contributed by atoms with Crippen LogP contribution in [-0.2, 0) is 35.2 Å². The van der Waals surface area contributed by atoms with Gasteiger partial charge >= 0.3 is 5.97 Å². The summed E-state index contributed by atoms with van der Waals surface area (Å²) in [5.41, 5.74) is 17.2. The third kappa shape index (κ3) is 12.0. The van der Waals surface area contributed by atoms with E-state index in [1.807, 2.05) is 0 Å². The van der Waals surface area contributed by atoms with E-state index in [1.54, 1.807) is 30.3 Å². The van der Waals surface area contributed by atoms with Crippen LogP contribution in [0.5, 0.6) is 0 Å². The van der Waals surface area contributed by atoms with Crippen molar-refractivity contribution in [2.24, 2.45) is 22.2 Å². The van der Waals surface area contributed by atoms with Crippen molar-refractivity contribution in [1.82, 2.24) is 26.2 Å². The maximum absolute atomic E-state index is 13.5. The smallest absolute Gasteiger partial charge is 0.326 e. The number of nitrogens with zero attached hydrogens (tertiary/aromatic N) is 2. The molecule has 0 bridgehead atoms. The lowest BCUT2D eigenvalue weighted by Gasteiger charge is -2.26. The number of aliphatic hydroxyl groups is 1. The maximum Gasteiger partial charge on any atom is 0.326 e. The van der Waals surface area contributed by atoms with Gasteiger partial charge in [0.1, 0.15) is 30.2 Å². The Labute approximate surface area is 266 Å². The molecule has 1 saturated heterocycles. The van der Waals surface area contributed by atoms with E-state index in [0.29, 0.717) is 18.4 Å². The molecule has 1 heterocycles. The van der Waals surface area contributed by atoms with Crippen LogP contribution in [0.4, 0.5) is 0 Å². The number of carboxylic acid groups (broad SMARTS) is 1. The molecule has 0 radical (unpaired) electrons. The van der Waals surface area contributed by atoms with Gasteiger partial charge in [0.15, 0.2) is 5.96 Å². The Hall–Kier alpha value is -4.77. The summed E-state index contributed by atoms with van der Waals surface area (Å²) in [6.45, 7) is 2.59. The van der Waals surface area contributed by atoms with Crippen molar-refractivity contribution in [3.8, 4) is 0 Å². The lowest BCUT2D eigenvalue weighted by atomic mass is 10.0. The van der Waals surface area contributed by atoms with Gasteiger partial charge in [-0.05, 0) is 45.1 Å². The molecule has 17 heteroatoms. The minimum Gasteiger partial charge on any atom is -0.480 e. The SMILES string of the molecule is C[C@H](NC(=O)CNC(=O)[C@H](CCCN=C(N)N)NC(=O)[C@H](Cc1ccccc1)NC(=O)C(N)[C@@H](C)O)C(=O)N1CCC[C@H]1C(=O)O. The summed E-state index contributed by atoms with van der Waals surface area (Å²) in [5.74, 6) is -4.79. The third-order valence-corrected chi connectivity index (χ3v) is 7.31. The van der Waals surface area contributed by atoms with Crippen LogP contribution in [0.1, 0.15) is 45.1 Å². The normalized spacial score (nSPS) is 17.4. The van der Waals surface area contributed by atoms with Crippen LogP contribution < -0.4 is 38.5 Å². The second kappa shape index (κ2) is 18.3. The number of guanidine groups is 1. The van der Waals surface area contributed by atoms with Crippen molar-refractivity contribution >= 4 is 41.5 Å². The molecule has 5 amide bonds. The number of hydrogen-bond donors (Lipinski definition) is 9. The van der Waals surface area contributed by atoms with Gasteiger partial charge in [0.25, 0.3) is 0 Å². The summed E-state index contributed by atoms with van der Waals surface area (Å²) < 4.78 is 0. The van der Waals surface area contributed by atoms with E-state index in [4.69, 9.17) is 17.2 Å². The Morgan fingerprint density at radius 3 is 2.24 bits per heavy atom. The van der Waals surface area contributed by atoms with Crippen LogP contribution in [-0.4, -0.2) is 113 Å². The number of carbonyl (C=O) groups is 6. The van der Waals surface area contributed by atoms with Gasteiger partial charge in [0, 0.05) is 19.5 Å². The minimum absolute atomic E-state index is 0.0430. The molecule has 0 saturated carbocycles. The first-order valence-corrected chi connectivity index (χ1v) is 14.9. The van der Waals surface area contributed by atoms with Gasteiger partial charge in [-0.3, -0.25) is 29.0 Å². The number of benzene rings is 1. The molecule has 0 aliphatic carbocycles. The van der Waals surface area contributed by atoms with Crippen LogP contribution in [0.3, 0.4) is 0 Å². The molecule has 1 aliphatic rings. The van der Waals surface area contributed by atoms with E-state index < -0.39 is 78.4 Å². The largest absolute Gasteiger partial charge is 0.480 e. The summed E-state index contributed by atoms with van der Waals surface area (Å²) >= 11 is 0. The molecule has 1 fully saturated rings. The second-order valence-corrected chi connectivity index (χ2v) is 11.1. The Morgan fingerprint density at radius 2 is 1.63 bits per heavy atom. The van der Waals surface area contributed by atoms with Gasteiger partial charge in [0.2, 0.25) is 29.5 Å². The predicted molar refractivity (Wildman–Crippen MR) is 167 cm³/mol. The molecule has 1 unspecified atom stereocenters. The van der Waals surface area contributed by atoms with E-state index in [-0.39, 0.29) is 38.3 Å². The zero-order valence-electron chi connectivity index (χ0n) is 26.0. The summed E-state index contributed by atoms with van der Waals surface area (Å²) in [7, 11) is 0. The van der Waals surface area contributed by atoms with Gasteiger partial charge < -0.3 is 53.6 Å². The Balaban J connectivity index is 2.11. The maximum atomic E-state index is 13.5. The van der Waals surface area contributed by atoms with E-state index in [9.17, 15) is 39.0 Å². The number of hydrogen-bond acceptors (Lipinski definition) is 9. The number of rotatable bonds is 17. The third-order valence-electron chi connectivity index (χ3n) is 7.31. The van der Waals surface area contributed by atoms with Gasteiger partial charge in [-0.1, -0.05) is 30.3 Å². The van der Waals surface area contributed by atoms with Crippen molar-refractivity contribution in [2.45, 2.75) is 82.3 Å². The minimum atomic E-state index is -1.31. The highest BCUT2D eigenvalue weighted by atomic mass is 16.4. The number of likely N-dealkylation sites (tertiary alicyclic amines) is 1. The van der Waals surface area contributed by atoms with Crippen molar-refractivity contribution in [2.75, 3.05) is 19.6 Å². The number of nitrogens with two attached hydrogens (primary N) is 3. The summed E-state index contributed by atoms with van der Waals surface area (Å²) in [5, 5.41) is 29.1. The molecule has 254 valence electrons. The number of carbonyl (C=O) groups excluding carboxylic acids is 5. The molecule has 1 aromatic rings. The predicted octanol–water partition coefficient (Wildman–Crippen LogP) is -3.34. The van der Waals surface area contributed by atoms with Crippen molar-refractivity contribution in [1.29, 1.82) is 0 Å². The molecule has 12 N–H and O–H groups in total. The number of aliphatic imine (C=N–C) groups is 1. The molecule has 17 nitrogen and oxygen atoms in total. The first kappa shape index (κ1) is 37.4. The monoisotopic (exact) mass is 647 g/mol. The molecular weight excluding hydrogens is 602 g/mol.